The summed E-state index contributed by atoms with van der Waals surface area (Å²) in [6.45, 7) is 7.07. The highest BCUT2D eigenvalue weighted by Gasteiger charge is 2.09. The molecule has 1 aromatic carbocycles. The number of morpholine rings is 1. The maximum atomic E-state index is 5.31. The Hall–Kier alpha value is -0.130. The molecular formula is C13H20INO. The zero-order valence-electron chi connectivity index (χ0n) is 10.1. The van der Waals surface area contributed by atoms with Crippen LogP contribution in [0.2, 0.25) is 0 Å². The largest absolute Gasteiger partial charge is 0.379 e. The first-order valence-electron chi connectivity index (χ1n) is 5.58. The molecule has 0 unspecified atom stereocenters. The van der Waals surface area contributed by atoms with Gasteiger partial charge in [-0.1, -0.05) is 52.4 Å². The third-order valence-electron chi connectivity index (χ3n) is 2.63. The van der Waals surface area contributed by atoms with Crippen LogP contribution in [0.3, 0.4) is 0 Å². The molecule has 0 N–H and O–H groups in total. The number of halogens is 1. The molecule has 1 aliphatic rings. The predicted molar refractivity (Wildman–Crippen MR) is 77.2 cm³/mol. The molecule has 16 heavy (non-hydrogen) atoms. The molecule has 0 amide bonds. The monoisotopic (exact) mass is 333 g/mol. The molecule has 0 radical (unpaired) electrons. The third kappa shape index (κ3) is 4.80. The second-order valence-corrected chi connectivity index (χ2v) is 3.87. The van der Waals surface area contributed by atoms with E-state index in [4.69, 9.17) is 4.74 Å². The minimum absolute atomic E-state index is 0.881. The van der Waals surface area contributed by atoms with E-state index in [9.17, 15) is 0 Å². The van der Waals surface area contributed by atoms with Crippen molar-refractivity contribution in [3.05, 3.63) is 35.4 Å². The van der Waals surface area contributed by atoms with E-state index in [1.807, 2.05) is 4.93 Å². The van der Waals surface area contributed by atoms with Gasteiger partial charge in [0.05, 0.1) is 13.2 Å². The lowest BCUT2D eigenvalue weighted by molar-refractivity contribution is 0.0342. The van der Waals surface area contributed by atoms with Gasteiger partial charge in [0.25, 0.3) is 0 Å². The van der Waals surface area contributed by atoms with E-state index in [-0.39, 0.29) is 0 Å². The second-order valence-electron chi connectivity index (χ2n) is 3.87. The fourth-order valence-electron chi connectivity index (χ4n) is 1.71. The van der Waals surface area contributed by atoms with Crippen molar-refractivity contribution in [1.82, 2.24) is 4.90 Å². The van der Waals surface area contributed by atoms with Crippen LogP contribution in [-0.4, -0.2) is 36.1 Å². The standard InChI is InChI=1S/C12H17NO.CH3I/c1-11-2-4-12(5-3-11)10-13-6-8-14-9-7-13;1-2/h2-5H,6-10H2,1H3;1H3. The van der Waals surface area contributed by atoms with E-state index >= 15 is 0 Å². The first-order valence-corrected chi connectivity index (χ1v) is 7.74. The van der Waals surface area contributed by atoms with Crippen molar-refractivity contribution in [3.8, 4) is 0 Å². The molecule has 0 atom stereocenters. The van der Waals surface area contributed by atoms with Crippen LogP contribution in [0.4, 0.5) is 0 Å². The Labute approximate surface area is 112 Å². The maximum Gasteiger partial charge on any atom is 0.0594 e. The van der Waals surface area contributed by atoms with Crippen LogP contribution in [-0.2, 0) is 11.3 Å². The number of nitrogens with zero attached hydrogens (tertiary/aromatic N) is 1. The van der Waals surface area contributed by atoms with Gasteiger partial charge in [0.15, 0.2) is 0 Å². The highest BCUT2D eigenvalue weighted by atomic mass is 127. The van der Waals surface area contributed by atoms with Gasteiger partial charge in [-0.05, 0) is 17.4 Å². The molecule has 1 aliphatic heterocycles. The summed E-state index contributed by atoms with van der Waals surface area (Å²) in [4.78, 5) is 4.41. The lowest BCUT2D eigenvalue weighted by atomic mass is 10.1. The Morgan fingerprint density at radius 1 is 1.12 bits per heavy atom. The summed E-state index contributed by atoms with van der Waals surface area (Å²) in [5.74, 6) is 0. The number of hydrogen-bond donors (Lipinski definition) is 0. The molecule has 1 aromatic rings. The minimum atomic E-state index is 0.881. The van der Waals surface area contributed by atoms with E-state index in [0.717, 1.165) is 32.8 Å². The summed E-state index contributed by atoms with van der Waals surface area (Å²) in [7, 11) is 0. The summed E-state index contributed by atoms with van der Waals surface area (Å²) in [6.07, 6.45) is 0. The fourth-order valence-corrected chi connectivity index (χ4v) is 1.71. The third-order valence-corrected chi connectivity index (χ3v) is 2.63. The molecule has 1 fully saturated rings. The first kappa shape index (κ1) is 13.9. The molecule has 1 heterocycles. The quantitative estimate of drug-likeness (QED) is 0.610. The number of ether oxygens (including phenoxy) is 1. The molecule has 1 saturated heterocycles. The van der Waals surface area contributed by atoms with Gasteiger partial charge in [0.2, 0.25) is 0 Å². The zero-order valence-corrected chi connectivity index (χ0v) is 12.2. The Balaban J connectivity index is 0.000000606. The van der Waals surface area contributed by atoms with Crippen LogP contribution in [0, 0.1) is 6.92 Å². The highest BCUT2D eigenvalue weighted by molar-refractivity contribution is 14.1. The van der Waals surface area contributed by atoms with Gasteiger partial charge in [-0.2, -0.15) is 0 Å². The fraction of sp³-hybridized carbons (Fsp3) is 0.538. The van der Waals surface area contributed by atoms with Gasteiger partial charge in [0.1, 0.15) is 0 Å². The summed E-state index contributed by atoms with van der Waals surface area (Å²) in [5.41, 5.74) is 2.73. The lowest BCUT2D eigenvalue weighted by Gasteiger charge is -2.26. The summed E-state index contributed by atoms with van der Waals surface area (Å²) >= 11 is 2.15. The van der Waals surface area contributed by atoms with Crippen LogP contribution in [0.15, 0.2) is 24.3 Å². The predicted octanol–water partition coefficient (Wildman–Crippen LogP) is 2.88. The molecule has 0 bridgehead atoms. The average molecular weight is 333 g/mol. The Morgan fingerprint density at radius 2 is 1.69 bits per heavy atom. The van der Waals surface area contributed by atoms with Crippen LogP contribution in [0.1, 0.15) is 11.1 Å². The molecule has 0 spiro atoms. The maximum absolute atomic E-state index is 5.31. The Kier molecular flexibility index (Phi) is 7.00. The van der Waals surface area contributed by atoms with E-state index < -0.39 is 0 Å². The number of aryl methyl sites for hydroxylation is 1. The van der Waals surface area contributed by atoms with E-state index in [0.29, 0.717) is 0 Å². The van der Waals surface area contributed by atoms with Crippen LogP contribution in [0.25, 0.3) is 0 Å². The number of hydrogen-bond acceptors (Lipinski definition) is 2. The molecule has 2 nitrogen and oxygen atoms in total. The zero-order chi connectivity index (χ0) is 11.8. The van der Waals surface area contributed by atoms with Crippen molar-refractivity contribution in [3.63, 3.8) is 0 Å². The second kappa shape index (κ2) is 8.03. The number of rotatable bonds is 2. The summed E-state index contributed by atoms with van der Waals surface area (Å²) < 4.78 is 5.31. The Morgan fingerprint density at radius 3 is 2.25 bits per heavy atom. The van der Waals surface area contributed by atoms with Gasteiger partial charge < -0.3 is 4.74 Å². The summed E-state index contributed by atoms with van der Waals surface area (Å²) in [6, 6.07) is 8.78. The normalized spacial score (nSPS) is 16.4. The molecule has 0 saturated carbocycles. The van der Waals surface area contributed by atoms with Gasteiger partial charge in [-0.3, -0.25) is 4.90 Å². The molecular weight excluding hydrogens is 313 g/mol. The van der Waals surface area contributed by atoms with E-state index in [2.05, 4.69) is 58.7 Å². The Bertz CT molecular complexity index is 280. The van der Waals surface area contributed by atoms with Crippen molar-refractivity contribution in [2.75, 3.05) is 31.2 Å². The highest BCUT2D eigenvalue weighted by Crippen LogP contribution is 2.08. The molecule has 0 aromatic heterocycles. The van der Waals surface area contributed by atoms with Crippen LogP contribution in [0.5, 0.6) is 0 Å². The van der Waals surface area contributed by atoms with E-state index in [1.165, 1.54) is 11.1 Å². The van der Waals surface area contributed by atoms with Gasteiger partial charge in [-0.15, -0.1) is 0 Å². The summed E-state index contributed by atoms with van der Waals surface area (Å²) in [5, 5.41) is 0. The molecule has 0 aliphatic carbocycles. The lowest BCUT2D eigenvalue weighted by Crippen LogP contribution is -2.35. The van der Waals surface area contributed by atoms with Gasteiger partial charge in [-0.25, -0.2) is 0 Å². The molecule has 2 rings (SSSR count). The van der Waals surface area contributed by atoms with Crippen LogP contribution >= 0.6 is 22.6 Å². The van der Waals surface area contributed by atoms with Gasteiger partial charge >= 0.3 is 0 Å². The van der Waals surface area contributed by atoms with Crippen molar-refractivity contribution in [1.29, 1.82) is 0 Å². The van der Waals surface area contributed by atoms with Crippen molar-refractivity contribution in [2.45, 2.75) is 13.5 Å². The van der Waals surface area contributed by atoms with Gasteiger partial charge in [0, 0.05) is 19.6 Å². The molecule has 90 valence electrons. The topological polar surface area (TPSA) is 12.5 Å². The van der Waals surface area contributed by atoms with Crippen molar-refractivity contribution in [2.24, 2.45) is 0 Å². The average Bonchev–Trinajstić information content (AvgIpc) is 2.36. The van der Waals surface area contributed by atoms with Crippen molar-refractivity contribution < 1.29 is 4.74 Å². The van der Waals surface area contributed by atoms with Crippen LogP contribution < -0.4 is 0 Å². The number of benzene rings is 1. The SMILES string of the molecule is CI.Cc1ccc(CN2CCOCC2)cc1. The number of alkyl halides is 1. The minimum Gasteiger partial charge on any atom is -0.379 e. The molecule has 3 heteroatoms. The van der Waals surface area contributed by atoms with E-state index in [1.54, 1.807) is 0 Å². The smallest absolute Gasteiger partial charge is 0.0594 e. The van der Waals surface area contributed by atoms with Crippen molar-refractivity contribution >= 4 is 22.6 Å². The first-order chi connectivity index (χ1) is 7.84.